The summed E-state index contributed by atoms with van der Waals surface area (Å²) >= 11 is 1.52. The molecule has 168 valence electrons. The number of sulfonamides is 1. The molecule has 2 N–H and O–H groups in total. The van der Waals surface area contributed by atoms with Gasteiger partial charge in [0.05, 0.1) is 22.9 Å². The van der Waals surface area contributed by atoms with Gasteiger partial charge in [-0.15, -0.1) is 11.3 Å². The highest BCUT2D eigenvalue weighted by Crippen LogP contribution is 2.31. The summed E-state index contributed by atoms with van der Waals surface area (Å²) in [5.74, 6) is -0.294. The van der Waals surface area contributed by atoms with Gasteiger partial charge in [0, 0.05) is 23.2 Å². The van der Waals surface area contributed by atoms with Gasteiger partial charge < -0.3 is 10.2 Å². The summed E-state index contributed by atoms with van der Waals surface area (Å²) < 4.78 is 27.8. The van der Waals surface area contributed by atoms with E-state index in [9.17, 15) is 23.3 Å². The number of hydrogen-bond donors (Lipinski definition) is 2. The Morgan fingerprint density at radius 1 is 1.12 bits per heavy atom. The van der Waals surface area contributed by atoms with Crippen molar-refractivity contribution in [2.24, 2.45) is 0 Å². The van der Waals surface area contributed by atoms with Gasteiger partial charge in [-0.1, -0.05) is 24.3 Å². The Labute approximate surface area is 189 Å². The topological polar surface area (TPSA) is 122 Å². The summed E-state index contributed by atoms with van der Waals surface area (Å²) in [6.45, 7) is 2.36. The molecular formula is C21H22N4O5S2. The molecule has 1 heterocycles. The highest BCUT2D eigenvalue weighted by atomic mass is 32.2. The van der Waals surface area contributed by atoms with Gasteiger partial charge in [0.25, 0.3) is 15.7 Å². The second-order valence-electron chi connectivity index (χ2n) is 6.75. The molecule has 0 aliphatic heterocycles. The lowest BCUT2D eigenvalue weighted by atomic mass is 10.2. The number of para-hydroxylation sites is 1. The molecule has 0 unspecified atom stereocenters. The average molecular weight is 475 g/mol. The normalized spacial score (nSPS) is 11.0. The first-order valence-electron chi connectivity index (χ1n) is 9.70. The molecule has 0 aliphatic carbocycles. The van der Waals surface area contributed by atoms with Gasteiger partial charge in [0.2, 0.25) is 5.91 Å². The minimum absolute atomic E-state index is 0.100. The summed E-state index contributed by atoms with van der Waals surface area (Å²) in [6, 6.07) is 15.7. The largest absolute Gasteiger partial charge is 0.357 e. The van der Waals surface area contributed by atoms with E-state index in [2.05, 4.69) is 10.0 Å². The molecule has 0 saturated heterocycles. The standard InChI is InChI=1S/C21H22N4O5S2/c1-2-24(15-21(26)22-14-17-9-6-12-31-17)19-11-10-18(13-20(19)25(27)28)32(29,30)23-16-7-4-3-5-8-16/h3-13,23H,2,14-15H2,1H3,(H,22,26). The number of benzene rings is 2. The fourth-order valence-electron chi connectivity index (χ4n) is 3.00. The quantitative estimate of drug-likeness (QED) is 0.342. The molecule has 3 rings (SSSR count). The van der Waals surface area contributed by atoms with E-state index in [1.54, 1.807) is 37.3 Å². The molecule has 11 heteroatoms. The van der Waals surface area contributed by atoms with E-state index in [0.29, 0.717) is 18.8 Å². The van der Waals surface area contributed by atoms with Crippen LogP contribution < -0.4 is 14.9 Å². The second-order valence-corrected chi connectivity index (χ2v) is 9.46. The zero-order valence-electron chi connectivity index (χ0n) is 17.2. The maximum Gasteiger partial charge on any atom is 0.293 e. The fraction of sp³-hybridized carbons (Fsp3) is 0.190. The molecule has 2 aromatic carbocycles. The van der Waals surface area contributed by atoms with Gasteiger partial charge in [-0.2, -0.15) is 0 Å². The maximum atomic E-state index is 12.7. The Morgan fingerprint density at radius 2 is 1.88 bits per heavy atom. The van der Waals surface area contributed by atoms with Gasteiger partial charge in [-0.3, -0.25) is 19.6 Å². The number of hydrogen-bond acceptors (Lipinski definition) is 7. The third-order valence-electron chi connectivity index (χ3n) is 4.58. The van der Waals surface area contributed by atoms with E-state index in [1.165, 1.54) is 28.4 Å². The minimum atomic E-state index is -4.03. The Kier molecular flexibility index (Phi) is 7.44. The van der Waals surface area contributed by atoms with Gasteiger partial charge in [0.15, 0.2) is 0 Å². The number of nitrogens with zero attached hydrogens (tertiary/aromatic N) is 2. The Bertz CT molecular complexity index is 1180. The number of amides is 1. The number of nitro benzene ring substituents is 1. The van der Waals surface area contributed by atoms with Gasteiger partial charge in [0.1, 0.15) is 5.69 Å². The molecule has 0 aliphatic rings. The lowest BCUT2D eigenvalue weighted by molar-refractivity contribution is -0.384. The van der Waals surface area contributed by atoms with Crippen LogP contribution in [0.25, 0.3) is 0 Å². The van der Waals surface area contributed by atoms with Crippen molar-refractivity contribution in [3.63, 3.8) is 0 Å². The average Bonchev–Trinajstić information content (AvgIpc) is 3.30. The predicted molar refractivity (Wildman–Crippen MR) is 124 cm³/mol. The van der Waals surface area contributed by atoms with Crippen molar-refractivity contribution in [2.45, 2.75) is 18.4 Å². The molecule has 9 nitrogen and oxygen atoms in total. The first-order valence-corrected chi connectivity index (χ1v) is 12.1. The smallest absolute Gasteiger partial charge is 0.293 e. The zero-order chi connectivity index (χ0) is 23.1. The van der Waals surface area contributed by atoms with Crippen molar-refractivity contribution in [1.82, 2.24) is 5.32 Å². The van der Waals surface area contributed by atoms with E-state index in [1.807, 2.05) is 17.5 Å². The van der Waals surface area contributed by atoms with Gasteiger partial charge in [-0.05, 0) is 42.6 Å². The van der Waals surface area contributed by atoms with Crippen LogP contribution in [0.2, 0.25) is 0 Å². The number of likely N-dealkylation sites (N-methyl/N-ethyl adjacent to an activating group) is 1. The molecule has 0 radical (unpaired) electrons. The van der Waals surface area contributed by atoms with Crippen LogP contribution in [-0.2, 0) is 21.4 Å². The third-order valence-corrected chi connectivity index (χ3v) is 6.83. The van der Waals surface area contributed by atoms with Crippen LogP contribution in [0.1, 0.15) is 11.8 Å². The highest BCUT2D eigenvalue weighted by molar-refractivity contribution is 7.92. The Hall–Kier alpha value is -3.44. The highest BCUT2D eigenvalue weighted by Gasteiger charge is 2.25. The van der Waals surface area contributed by atoms with Crippen molar-refractivity contribution in [2.75, 3.05) is 22.7 Å². The van der Waals surface area contributed by atoms with E-state index in [0.717, 1.165) is 10.9 Å². The van der Waals surface area contributed by atoms with Crippen LogP contribution in [-0.4, -0.2) is 32.3 Å². The molecule has 0 fully saturated rings. The van der Waals surface area contributed by atoms with Crippen LogP contribution in [0.15, 0.2) is 70.9 Å². The number of nitro groups is 1. The lowest BCUT2D eigenvalue weighted by Crippen LogP contribution is -2.37. The summed E-state index contributed by atoms with van der Waals surface area (Å²) in [7, 11) is -4.03. The predicted octanol–water partition coefficient (Wildman–Crippen LogP) is 3.60. The molecule has 1 aromatic heterocycles. The summed E-state index contributed by atoms with van der Waals surface area (Å²) in [6.07, 6.45) is 0. The van der Waals surface area contributed by atoms with Crippen LogP contribution in [0.3, 0.4) is 0 Å². The molecule has 0 saturated carbocycles. The van der Waals surface area contributed by atoms with E-state index >= 15 is 0 Å². The second kappa shape index (κ2) is 10.2. The molecule has 0 atom stereocenters. The SMILES string of the molecule is CCN(CC(=O)NCc1cccs1)c1ccc(S(=O)(=O)Nc2ccccc2)cc1[N+](=O)[O-]. The third kappa shape index (κ3) is 5.83. The first-order chi connectivity index (χ1) is 15.3. The first kappa shape index (κ1) is 23.2. The monoisotopic (exact) mass is 474 g/mol. The fourth-order valence-corrected chi connectivity index (χ4v) is 4.72. The van der Waals surface area contributed by atoms with Gasteiger partial charge in [-0.25, -0.2) is 8.42 Å². The molecule has 32 heavy (non-hydrogen) atoms. The molecule has 3 aromatic rings. The Balaban J connectivity index is 1.80. The summed E-state index contributed by atoms with van der Waals surface area (Å²) in [5.41, 5.74) is 0.119. The van der Waals surface area contributed by atoms with Crippen molar-refractivity contribution in [3.8, 4) is 0 Å². The van der Waals surface area contributed by atoms with E-state index in [4.69, 9.17) is 0 Å². The maximum absolute atomic E-state index is 12.7. The van der Waals surface area contributed by atoms with Crippen LogP contribution in [0.4, 0.5) is 17.1 Å². The molecule has 0 spiro atoms. The Morgan fingerprint density at radius 3 is 2.50 bits per heavy atom. The minimum Gasteiger partial charge on any atom is -0.357 e. The van der Waals surface area contributed by atoms with Crippen molar-refractivity contribution in [3.05, 3.63) is 81.0 Å². The number of nitrogens with one attached hydrogen (secondary N) is 2. The molecule has 0 bridgehead atoms. The van der Waals surface area contributed by atoms with Crippen LogP contribution in [0, 0.1) is 10.1 Å². The van der Waals surface area contributed by atoms with Crippen LogP contribution in [0.5, 0.6) is 0 Å². The lowest BCUT2D eigenvalue weighted by Gasteiger charge is -2.22. The van der Waals surface area contributed by atoms with E-state index in [-0.39, 0.29) is 23.0 Å². The zero-order valence-corrected chi connectivity index (χ0v) is 18.9. The summed E-state index contributed by atoms with van der Waals surface area (Å²) in [4.78, 5) is 25.7. The summed E-state index contributed by atoms with van der Waals surface area (Å²) in [5, 5.41) is 16.4. The van der Waals surface area contributed by atoms with Crippen LogP contribution >= 0.6 is 11.3 Å². The number of rotatable bonds is 10. The van der Waals surface area contributed by atoms with Gasteiger partial charge >= 0.3 is 0 Å². The number of anilines is 2. The number of carbonyl (C=O) groups excluding carboxylic acids is 1. The molecular weight excluding hydrogens is 452 g/mol. The van der Waals surface area contributed by atoms with E-state index < -0.39 is 20.6 Å². The van der Waals surface area contributed by atoms with Crippen molar-refractivity contribution < 1.29 is 18.1 Å². The van der Waals surface area contributed by atoms with Crippen molar-refractivity contribution >= 4 is 44.3 Å². The molecule has 1 amide bonds. The number of carbonyl (C=O) groups is 1. The van der Waals surface area contributed by atoms with Crippen molar-refractivity contribution in [1.29, 1.82) is 0 Å². The number of thiophene rings is 1.